The van der Waals surface area contributed by atoms with Crippen LogP contribution in [0.4, 0.5) is 0 Å². The summed E-state index contributed by atoms with van der Waals surface area (Å²) in [6, 6.07) is 12.9. The number of aromatic nitrogens is 1. The minimum atomic E-state index is 0.186. The summed E-state index contributed by atoms with van der Waals surface area (Å²) in [7, 11) is 0. The highest BCUT2D eigenvalue weighted by molar-refractivity contribution is 7.19. The smallest absolute Gasteiger partial charge is 0.228 e. The lowest BCUT2D eigenvalue weighted by molar-refractivity contribution is -0.140. The normalized spacial score (nSPS) is 21.2. The van der Waals surface area contributed by atoms with Crippen LogP contribution < -0.4 is 0 Å². The minimum Gasteiger partial charge on any atom is -0.315 e. The molecule has 1 unspecified atom stereocenters. The predicted octanol–water partition coefficient (Wildman–Crippen LogP) is 4.38. The van der Waals surface area contributed by atoms with Gasteiger partial charge < -0.3 is 4.90 Å². The van der Waals surface area contributed by atoms with Crippen LogP contribution in [0, 0.1) is 0 Å². The number of carbonyl (C=O) groups excluding carboxylic acids is 1. The summed E-state index contributed by atoms with van der Waals surface area (Å²) in [5.74, 6) is 0.435. The number of amides is 1. The minimum absolute atomic E-state index is 0.186. The Bertz CT molecular complexity index is 893. The van der Waals surface area contributed by atoms with Crippen molar-refractivity contribution in [1.82, 2.24) is 9.88 Å². The molecule has 3 nitrogen and oxygen atoms in total. The Morgan fingerprint density at radius 1 is 1.17 bits per heavy atom. The molecule has 5 rings (SSSR count). The number of carbonyl (C=O) groups is 1. The molecule has 1 aromatic carbocycles. The number of β-lactam (4-membered cyclic amide) rings is 1. The Hall–Kier alpha value is -1.98. The van der Waals surface area contributed by atoms with Gasteiger partial charge in [0.1, 0.15) is 5.01 Å². The highest BCUT2D eigenvalue weighted by atomic mass is 32.1. The van der Waals surface area contributed by atoms with E-state index in [-0.39, 0.29) is 11.8 Å². The van der Waals surface area contributed by atoms with Crippen LogP contribution >= 0.6 is 22.7 Å². The lowest BCUT2D eigenvalue weighted by Gasteiger charge is -2.32. The molecule has 1 amide bonds. The van der Waals surface area contributed by atoms with Crippen LogP contribution in [0.5, 0.6) is 0 Å². The third kappa shape index (κ3) is 2.07. The number of thiazole rings is 1. The SMILES string of the molecule is O=C1C[C@H]2CC(C(c3cccs3)c3nc4ccccc4s3)=CN12. The van der Waals surface area contributed by atoms with E-state index >= 15 is 0 Å². The molecule has 114 valence electrons. The molecular weight excluding hydrogens is 324 g/mol. The average molecular weight is 338 g/mol. The van der Waals surface area contributed by atoms with Crippen LogP contribution in [0.1, 0.15) is 28.6 Å². The van der Waals surface area contributed by atoms with E-state index in [0.717, 1.165) is 16.9 Å². The monoisotopic (exact) mass is 338 g/mol. The van der Waals surface area contributed by atoms with E-state index in [9.17, 15) is 4.79 Å². The van der Waals surface area contributed by atoms with E-state index in [0.29, 0.717) is 12.5 Å². The number of benzene rings is 1. The van der Waals surface area contributed by atoms with Crippen LogP contribution in [0.2, 0.25) is 0 Å². The second kappa shape index (κ2) is 5.01. The molecular formula is C18H14N2OS2. The molecule has 0 radical (unpaired) electrons. The lowest BCUT2D eigenvalue weighted by Crippen LogP contribution is -2.45. The third-order valence-electron chi connectivity index (χ3n) is 4.62. The van der Waals surface area contributed by atoms with Gasteiger partial charge in [-0.05, 0) is 35.6 Å². The Morgan fingerprint density at radius 3 is 2.83 bits per heavy atom. The molecule has 4 heterocycles. The fourth-order valence-electron chi connectivity index (χ4n) is 3.47. The first kappa shape index (κ1) is 13.5. The van der Waals surface area contributed by atoms with E-state index in [2.05, 4.69) is 41.9 Å². The molecule has 2 aromatic heterocycles. The van der Waals surface area contributed by atoms with Crippen LogP contribution in [0.15, 0.2) is 53.6 Å². The van der Waals surface area contributed by atoms with E-state index in [1.165, 1.54) is 15.2 Å². The molecule has 2 atom stereocenters. The Balaban J connectivity index is 1.62. The maximum atomic E-state index is 11.7. The van der Waals surface area contributed by atoms with Gasteiger partial charge in [-0.25, -0.2) is 4.98 Å². The summed E-state index contributed by atoms with van der Waals surface area (Å²) in [6.07, 6.45) is 3.74. The summed E-state index contributed by atoms with van der Waals surface area (Å²) in [6.45, 7) is 0. The Kier molecular flexibility index (Phi) is 2.93. The fourth-order valence-corrected chi connectivity index (χ4v) is 5.55. The number of thiophene rings is 1. The molecule has 1 fully saturated rings. The van der Waals surface area contributed by atoms with Crippen LogP contribution in [-0.2, 0) is 4.79 Å². The summed E-state index contributed by atoms with van der Waals surface area (Å²) in [5.41, 5.74) is 2.38. The van der Waals surface area contributed by atoms with Crippen molar-refractivity contribution >= 4 is 38.8 Å². The molecule has 2 aliphatic rings. The van der Waals surface area contributed by atoms with Gasteiger partial charge in [-0.2, -0.15) is 0 Å². The number of hydrogen-bond acceptors (Lipinski definition) is 4. The van der Waals surface area contributed by atoms with Gasteiger partial charge in [-0.15, -0.1) is 22.7 Å². The van der Waals surface area contributed by atoms with Gasteiger partial charge in [0.15, 0.2) is 0 Å². The molecule has 1 saturated heterocycles. The zero-order valence-electron chi connectivity index (χ0n) is 12.3. The molecule has 5 heteroatoms. The van der Waals surface area contributed by atoms with Crippen molar-refractivity contribution in [1.29, 1.82) is 0 Å². The molecule has 0 N–H and O–H groups in total. The standard InChI is InChI=1S/C18H14N2OS2/c21-16-9-12-8-11(10-20(12)16)17(15-6-3-7-22-15)18-19-13-4-1-2-5-14(13)23-18/h1-7,10,12,17H,8-9H2/t12-,17?/m1/s1. The first-order valence-corrected chi connectivity index (χ1v) is 9.40. The third-order valence-corrected chi connectivity index (χ3v) is 6.66. The topological polar surface area (TPSA) is 33.2 Å². The lowest BCUT2D eigenvalue weighted by atomic mass is 9.93. The maximum Gasteiger partial charge on any atom is 0.228 e. The van der Waals surface area contributed by atoms with Crippen molar-refractivity contribution in [3.63, 3.8) is 0 Å². The number of fused-ring (bicyclic) bond motifs is 2. The second-order valence-corrected chi connectivity index (χ2v) is 8.08. The Morgan fingerprint density at radius 2 is 2.09 bits per heavy atom. The summed E-state index contributed by atoms with van der Waals surface area (Å²) in [5, 5.41) is 3.25. The molecule has 0 bridgehead atoms. The zero-order valence-corrected chi connectivity index (χ0v) is 13.9. The van der Waals surface area contributed by atoms with Crippen molar-refractivity contribution in [2.45, 2.75) is 24.8 Å². The zero-order chi connectivity index (χ0) is 15.4. The summed E-state index contributed by atoms with van der Waals surface area (Å²) in [4.78, 5) is 19.8. The van der Waals surface area contributed by atoms with E-state index in [1.807, 2.05) is 11.0 Å². The largest absolute Gasteiger partial charge is 0.315 e. The molecule has 23 heavy (non-hydrogen) atoms. The predicted molar refractivity (Wildman–Crippen MR) is 93.7 cm³/mol. The molecule has 0 saturated carbocycles. The first-order valence-electron chi connectivity index (χ1n) is 7.70. The van der Waals surface area contributed by atoms with E-state index < -0.39 is 0 Å². The van der Waals surface area contributed by atoms with Gasteiger partial charge in [0, 0.05) is 23.5 Å². The van der Waals surface area contributed by atoms with Crippen LogP contribution in [0.3, 0.4) is 0 Å². The molecule has 0 spiro atoms. The molecule has 0 aliphatic carbocycles. The van der Waals surface area contributed by atoms with Gasteiger partial charge >= 0.3 is 0 Å². The van der Waals surface area contributed by atoms with Crippen molar-refractivity contribution in [3.05, 3.63) is 63.4 Å². The maximum absolute atomic E-state index is 11.7. The summed E-state index contributed by atoms with van der Waals surface area (Å²) < 4.78 is 1.22. The van der Waals surface area contributed by atoms with Crippen molar-refractivity contribution in [2.75, 3.05) is 0 Å². The fraction of sp³-hybridized carbons (Fsp3) is 0.222. The van der Waals surface area contributed by atoms with Gasteiger partial charge in [0.05, 0.1) is 16.1 Å². The molecule has 2 aliphatic heterocycles. The Labute approximate surface area is 141 Å². The molecule has 3 aromatic rings. The van der Waals surface area contributed by atoms with Crippen LogP contribution in [-0.4, -0.2) is 21.8 Å². The van der Waals surface area contributed by atoms with E-state index in [1.54, 1.807) is 22.7 Å². The average Bonchev–Trinajstić information content (AvgIpc) is 3.26. The number of rotatable bonds is 3. The number of nitrogens with zero attached hydrogens (tertiary/aromatic N) is 2. The number of para-hydroxylation sites is 1. The van der Waals surface area contributed by atoms with Crippen LogP contribution in [0.25, 0.3) is 10.2 Å². The van der Waals surface area contributed by atoms with Gasteiger partial charge in [-0.1, -0.05) is 18.2 Å². The van der Waals surface area contributed by atoms with Gasteiger partial charge in [0.2, 0.25) is 5.91 Å². The highest BCUT2D eigenvalue weighted by Crippen LogP contribution is 2.45. The highest BCUT2D eigenvalue weighted by Gasteiger charge is 2.42. The van der Waals surface area contributed by atoms with Crippen molar-refractivity contribution < 1.29 is 4.79 Å². The quantitative estimate of drug-likeness (QED) is 0.664. The number of hydrogen-bond donors (Lipinski definition) is 0. The van der Waals surface area contributed by atoms with E-state index in [4.69, 9.17) is 4.98 Å². The first-order chi connectivity index (χ1) is 11.3. The van der Waals surface area contributed by atoms with Gasteiger partial charge in [-0.3, -0.25) is 4.79 Å². The summed E-state index contributed by atoms with van der Waals surface area (Å²) >= 11 is 3.53. The van der Waals surface area contributed by atoms with Gasteiger partial charge in [0.25, 0.3) is 0 Å². The second-order valence-electron chi connectivity index (χ2n) is 6.04. The van der Waals surface area contributed by atoms with Crippen molar-refractivity contribution in [3.8, 4) is 0 Å². The van der Waals surface area contributed by atoms with Crippen molar-refractivity contribution in [2.24, 2.45) is 0 Å².